The first-order chi connectivity index (χ1) is 9.06. The number of benzene rings is 1. The molecule has 0 saturated heterocycles. The van der Waals surface area contributed by atoms with E-state index in [0.29, 0.717) is 19.1 Å². The number of likely N-dealkylation sites (N-methyl/N-ethyl adjacent to an activating group) is 1. The average molecular weight is 260 g/mol. The van der Waals surface area contributed by atoms with Crippen LogP contribution in [0.15, 0.2) is 24.3 Å². The molecule has 1 fully saturated rings. The predicted molar refractivity (Wildman–Crippen MR) is 77.8 cm³/mol. The number of aryl methyl sites for hydroxylation is 1. The zero-order chi connectivity index (χ0) is 13.8. The minimum atomic E-state index is 0.107. The summed E-state index contributed by atoms with van der Waals surface area (Å²) >= 11 is 0. The molecule has 1 aromatic carbocycles. The molecule has 1 aliphatic rings. The Bertz CT molecular complexity index is 423. The molecule has 0 aromatic heterocycles. The van der Waals surface area contributed by atoms with Gasteiger partial charge in [0.15, 0.2) is 0 Å². The lowest BCUT2D eigenvalue weighted by molar-refractivity contribution is -0.122. The monoisotopic (exact) mass is 260 g/mol. The van der Waals surface area contributed by atoms with E-state index in [1.54, 1.807) is 0 Å². The van der Waals surface area contributed by atoms with E-state index < -0.39 is 0 Å². The van der Waals surface area contributed by atoms with Gasteiger partial charge in [-0.2, -0.15) is 0 Å². The summed E-state index contributed by atoms with van der Waals surface area (Å²) in [6, 6.07) is 8.79. The Hall–Kier alpha value is -1.35. The minimum absolute atomic E-state index is 0.107. The van der Waals surface area contributed by atoms with Gasteiger partial charge >= 0.3 is 0 Å². The molecule has 1 atom stereocenters. The lowest BCUT2D eigenvalue weighted by Crippen LogP contribution is -2.40. The first kappa shape index (κ1) is 14.1. The van der Waals surface area contributed by atoms with E-state index in [9.17, 15) is 4.79 Å². The molecule has 19 heavy (non-hydrogen) atoms. The molecule has 1 amide bonds. The second-order valence-corrected chi connectivity index (χ2v) is 5.76. The normalized spacial score (nSPS) is 16.4. The third kappa shape index (κ3) is 4.35. The number of carbonyl (C=O) groups is 1. The lowest BCUT2D eigenvalue weighted by atomic mass is 10.1. The highest BCUT2D eigenvalue weighted by molar-refractivity contribution is 5.78. The quantitative estimate of drug-likeness (QED) is 0.851. The molecule has 1 N–H and O–H groups in total. The van der Waals surface area contributed by atoms with Crippen molar-refractivity contribution in [1.82, 2.24) is 10.2 Å². The molecule has 1 aromatic rings. The maximum absolute atomic E-state index is 11.9. The summed E-state index contributed by atoms with van der Waals surface area (Å²) in [5.41, 5.74) is 2.39. The Kier molecular flexibility index (Phi) is 4.59. The van der Waals surface area contributed by atoms with Crippen molar-refractivity contribution in [3.8, 4) is 0 Å². The van der Waals surface area contributed by atoms with Crippen molar-refractivity contribution >= 4 is 5.91 Å². The first-order valence-electron chi connectivity index (χ1n) is 7.08. The Morgan fingerprint density at radius 2 is 2.00 bits per heavy atom. The van der Waals surface area contributed by atoms with E-state index in [1.165, 1.54) is 18.4 Å². The highest BCUT2D eigenvalue weighted by Gasteiger charge is 2.30. The van der Waals surface area contributed by atoms with E-state index in [-0.39, 0.29) is 5.91 Å². The molecular weight excluding hydrogens is 236 g/mol. The van der Waals surface area contributed by atoms with Crippen molar-refractivity contribution in [3.05, 3.63) is 35.4 Å². The van der Waals surface area contributed by atoms with Crippen molar-refractivity contribution in [3.63, 3.8) is 0 Å². The van der Waals surface area contributed by atoms with Crippen LogP contribution in [0.5, 0.6) is 0 Å². The van der Waals surface area contributed by atoms with Crippen molar-refractivity contribution in [2.45, 2.75) is 39.3 Å². The second-order valence-electron chi connectivity index (χ2n) is 5.76. The zero-order valence-electron chi connectivity index (χ0n) is 12.1. The molecule has 3 heteroatoms. The number of rotatable bonds is 6. The van der Waals surface area contributed by atoms with Crippen LogP contribution in [0.4, 0.5) is 0 Å². The van der Waals surface area contributed by atoms with E-state index >= 15 is 0 Å². The highest BCUT2D eigenvalue weighted by Crippen LogP contribution is 2.34. The summed E-state index contributed by atoms with van der Waals surface area (Å²) in [4.78, 5) is 14.0. The van der Waals surface area contributed by atoms with Crippen LogP contribution in [0.2, 0.25) is 0 Å². The van der Waals surface area contributed by atoms with Crippen LogP contribution in [0.1, 0.15) is 30.9 Å². The summed E-state index contributed by atoms with van der Waals surface area (Å²) in [5.74, 6) is 0.908. The van der Waals surface area contributed by atoms with Gasteiger partial charge in [-0.15, -0.1) is 0 Å². The van der Waals surface area contributed by atoms with Crippen molar-refractivity contribution in [2.75, 3.05) is 13.6 Å². The van der Waals surface area contributed by atoms with Crippen molar-refractivity contribution < 1.29 is 4.79 Å². The standard InChI is InChI=1S/C16H24N2O/c1-12-4-6-14(7-5-12)10-17-16(19)11-18(3)13(2)15-8-9-15/h4-7,13,15H,8-11H2,1-3H3,(H,17,19). The van der Waals surface area contributed by atoms with E-state index in [2.05, 4.69) is 48.3 Å². The Morgan fingerprint density at radius 3 is 2.58 bits per heavy atom. The lowest BCUT2D eigenvalue weighted by Gasteiger charge is -2.23. The molecular formula is C16H24N2O. The van der Waals surface area contributed by atoms with E-state index in [1.807, 2.05) is 7.05 Å². The minimum Gasteiger partial charge on any atom is -0.351 e. The molecule has 3 nitrogen and oxygen atoms in total. The summed E-state index contributed by atoms with van der Waals surface area (Å²) < 4.78 is 0. The van der Waals surface area contributed by atoms with Crippen LogP contribution in [-0.2, 0) is 11.3 Å². The SMILES string of the molecule is Cc1ccc(CNC(=O)CN(C)C(C)C2CC2)cc1. The Morgan fingerprint density at radius 1 is 1.37 bits per heavy atom. The molecule has 0 radical (unpaired) electrons. The van der Waals surface area contributed by atoms with Crippen molar-refractivity contribution in [2.24, 2.45) is 5.92 Å². The number of nitrogens with one attached hydrogen (secondary N) is 1. The predicted octanol–water partition coefficient (Wildman–Crippen LogP) is 2.34. The number of hydrogen-bond donors (Lipinski definition) is 1. The van der Waals surface area contributed by atoms with Crippen LogP contribution in [-0.4, -0.2) is 30.4 Å². The smallest absolute Gasteiger partial charge is 0.234 e. The maximum Gasteiger partial charge on any atom is 0.234 e. The summed E-state index contributed by atoms with van der Waals surface area (Å²) in [6.07, 6.45) is 2.63. The summed E-state index contributed by atoms with van der Waals surface area (Å²) in [7, 11) is 2.04. The molecule has 2 rings (SSSR count). The number of carbonyl (C=O) groups excluding carboxylic acids is 1. The fourth-order valence-corrected chi connectivity index (χ4v) is 2.27. The van der Waals surface area contributed by atoms with Crippen molar-refractivity contribution in [1.29, 1.82) is 0 Å². The largest absolute Gasteiger partial charge is 0.351 e. The zero-order valence-corrected chi connectivity index (χ0v) is 12.1. The van der Waals surface area contributed by atoms with Crippen LogP contribution in [0, 0.1) is 12.8 Å². The summed E-state index contributed by atoms with van der Waals surface area (Å²) in [5, 5.41) is 2.98. The van der Waals surface area contributed by atoms with Gasteiger partial charge in [-0.25, -0.2) is 0 Å². The van der Waals surface area contributed by atoms with Gasteiger partial charge in [-0.05, 0) is 45.2 Å². The van der Waals surface area contributed by atoms with E-state index in [0.717, 1.165) is 11.5 Å². The Labute approximate surface area is 116 Å². The van der Waals surface area contributed by atoms with Gasteiger partial charge in [0.25, 0.3) is 0 Å². The van der Waals surface area contributed by atoms with Gasteiger partial charge in [0, 0.05) is 12.6 Å². The highest BCUT2D eigenvalue weighted by atomic mass is 16.2. The number of amides is 1. The molecule has 0 aliphatic heterocycles. The molecule has 1 saturated carbocycles. The van der Waals surface area contributed by atoms with Crippen LogP contribution in [0.25, 0.3) is 0 Å². The van der Waals surface area contributed by atoms with Crippen LogP contribution < -0.4 is 5.32 Å². The average Bonchev–Trinajstić information content (AvgIpc) is 3.21. The summed E-state index contributed by atoms with van der Waals surface area (Å²) in [6.45, 7) is 5.38. The van der Waals surface area contributed by atoms with Gasteiger partial charge in [0.1, 0.15) is 0 Å². The first-order valence-corrected chi connectivity index (χ1v) is 7.08. The molecule has 1 aliphatic carbocycles. The Balaban J connectivity index is 1.73. The topological polar surface area (TPSA) is 32.3 Å². The second kappa shape index (κ2) is 6.20. The van der Waals surface area contributed by atoms with E-state index in [4.69, 9.17) is 0 Å². The van der Waals surface area contributed by atoms with Gasteiger partial charge in [-0.3, -0.25) is 9.69 Å². The third-order valence-corrected chi connectivity index (χ3v) is 4.00. The van der Waals surface area contributed by atoms with Gasteiger partial charge in [-0.1, -0.05) is 29.8 Å². The third-order valence-electron chi connectivity index (χ3n) is 4.00. The fourth-order valence-electron chi connectivity index (χ4n) is 2.27. The maximum atomic E-state index is 11.9. The number of nitrogens with zero attached hydrogens (tertiary/aromatic N) is 1. The van der Waals surface area contributed by atoms with Crippen LogP contribution in [0.3, 0.4) is 0 Å². The molecule has 104 valence electrons. The molecule has 0 bridgehead atoms. The van der Waals surface area contributed by atoms with Gasteiger partial charge < -0.3 is 5.32 Å². The molecule has 0 heterocycles. The fraction of sp³-hybridized carbons (Fsp3) is 0.562. The number of hydrogen-bond acceptors (Lipinski definition) is 2. The molecule has 0 spiro atoms. The molecule has 1 unspecified atom stereocenters. The van der Waals surface area contributed by atoms with Crippen LogP contribution >= 0.6 is 0 Å². The van der Waals surface area contributed by atoms with Gasteiger partial charge in [0.2, 0.25) is 5.91 Å². The van der Waals surface area contributed by atoms with Gasteiger partial charge in [0.05, 0.1) is 6.54 Å².